The average molecular weight is 377 g/mol. The Morgan fingerprint density at radius 2 is 2.07 bits per heavy atom. The number of pyridine rings is 1. The van der Waals surface area contributed by atoms with Crippen molar-refractivity contribution in [3.8, 4) is 6.07 Å². The first-order chi connectivity index (χ1) is 13.4. The maximum Gasteiger partial charge on any atom is 0.240 e. The summed E-state index contributed by atoms with van der Waals surface area (Å²) in [7, 11) is 0. The molecule has 0 bridgehead atoms. The van der Waals surface area contributed by atoms with Gasteiger partial charge in [0.25, 0.3) is 0 Å². The van der Waals surface area contributed by atoms with Crippen molar-refractivity contribution in [2.24, 2.45) is 5.73 Å². The molecule has 3 rings (SSSR count). The van der Waals surface area contributed by atoms with Crippen molar-refractivity contribution < 1.29 is 9.53 Å². The highest BCUT2D eigenvalue weighted by Gasteiger charge is 2.27. The van der Waals surface area contributed by atoms with Crippen molar-refractivity contribution >= 4 is 11.4 Å². The summed E-state index contributed by atoms with van der Waals surface area (Å²) in [6, 6.07) is 14.9. The number of nitrogens with two attached hydrogens (primary N) is 1. The summed E-state index contributed by atoms with van der Waals surface area (Å²) in [6.45, 7) is 3.90. The van der Waals surface area contributed by atoms with Gasteiger partial charge in [-0.25, -0.2) is 4.98 Å². The number of fused-ring (bicyclic) bond motifs is 1. The monoisotopic (exact) mass is 377 g/mol. The van der Waals surface area contributed by atoms with Gasteiger partial charge in [-0.1, -0.05) is 30.3 Å². The average Bonchev–Trinajstić information content (AvgIpc) is 3.10. The van der Waals surface area contributed by atoms with Crippen molar-refractivity contribution in [2.45, 2.75) is 32.0 Å². The molecule has 1 atom stereocenters. The van der Waals surface area contributed by atoms with Crippen molar-refractivity contribution in [2.75, 3.05) is 6.61 Å². The van der Waals surface area contributed by atoms with Gasteiger partial charge in [0, 0.05) is 6.20 Å². The molecule has 0 saturated carbocycles. The van der Waals surface area contributed by atoms with E-state index in [4.69, 9.17) is 10.5 Å². The highest BCUT2D eigenvalue weighted by Crippen LogP contribution is 2.18. The summed E-state index contributed by atoms with van der Waals surface area (Å²) >= 11 is 0. The van der Waals surface area contributed by atoms with E-state index in [0.717, 1.165) is 11.1 Å². The molecule has 2 aromatic heterocycles. The van der Waals surface area contributed by atoms with Crippen molar-refractivity contribution in [1.82, 2.24) is 14.7 Å². The summed E-state index contributed by atoms with van der Waals surface area (Å²) in [5, 5.41) is 12.1. The Bertz CT molecular complexity index is 999. The molecule has 28 heavy (non-hydrogen) atoms. The number of hydrogen-bond donors (Lipinski definition) is 2. The minimum absolute atomic E-state index is 0.215. The number of nitrogens with zero attached hydrogens (tertiary/aromatic N) is 3. The van der Waals surface area contributed by atoms with Gasteiger partial charge in [-0.2, -0.15) is 5.26 Å². The molecule has 3 aromatic rings. The first-order valence-corrected chi connectivity index (χ1v) is 8.97. The molecule has 0 saturated heterocycles. The molecular formula is C21H23N5O2. The standard InChI is InChI=1S/C21H23N5O2/c1-21(2,23)20(27)25-18(14-28-13-15-6-4-3-5-7-15)19-24-11-17-9-8-16(10-22)12-26(17)19/h3-9,11-12,18H,13-14,23H2,1-2H3,(H,25,27)/t18-/m1/s1. The summed E-state index contributed by atoms with van der Waals surface area (Å²) in [5.41, 5.74) is 7.25. The van der Waals surface area contributed by atoms with Crippen LogP contribution >= 0.6 is 0 Å². The topological polar surface area (TPSA) is 105 Å². The lowest BCUT2D eigenvalue weighted by molar-refractivity contribution is -0.126. The smallest absolute Gasteiger partial charge is 0.240 e. The van der Waals surface area contributed by atoms with Crippen LogP contribution < -0.4 is 11.1 Å². The van der Waals surface area contributed by atoms with Crippen LogP contribution in [0.4, 0.5) is 0 Å². The molecular weight excluding hydrogens is 354 g/mol. The highest BCUT2D eigenvalue weighted by atomic mass is 16.5. The minimum Gasteiger partial charge on any atom is -0.374 e. The zero-order valence-corrected chi connectivity index (χ0v) is 15.9. The fourth-order valence-corrected chi connectivity index (χ4v) is 2.73. The Labute approximate surface area is 163 Å². The van der Waals surface area contributed by atoms with Gasteiger partial charge < -0.3 is 20.2 Å². The van der Waals surface area contributed by atoms with Crippen molar-refractivity contribution in [3.63, 3.8) is 0 Å². The predicted molar refractivity (Wildman–Crippen MR) is 105 cm³/mol. The molecule has 7 nitrogen and oxygen atoms in total. The van der Waals surface area contributed by atoms with Crippen LogP contribution in [0, 0.1) is 11.3 Å². The zero-order chi connectivity index (χ0) is 20.1. The van der Waals surface area contributed by atoms with Crippen molar-refractivity contribution in [1.29, 1.82) is 5.26 Å². The van der Waals surface area contributed by atoms with Crippen LogP contribution in [0.15, 0.2) is 54.9 Å². The quantitative estimate of drug-likeness (QED) is 0.657. The van der Waals surface area contributed by atoms with E-state index in [0.29, 0.717) is 18.0 Å². The number of rotatable bonds is 7. The SMILES string of the molecule is CC(C)(N)C(=O)N[C@H](COCc1ccccc1)c1ncc2ccc(C#N)cn12. The van der Waals surface area contributed by atoms with E-state index in [-0.39, 0.29) is 12.5 Å². The number of aromatic nitrogens is 2. The number of imidazole rings is 1. The third kappa shape index (κ3) is 4.55. The van der Waals surface area contributed by atoms with E-state index < -0.39 is 11.6 Å². The normalized spacial score (nSPS) is 12.5. The molecule has 0 aliphatic rings. The first kappa shape index (κ1) is 19.5. The third-order valence-corrected chi connectivity index (χ3v) is 4.28. The van der Waals surface area contributed by atoms with E-state index in [1.54, 1.807) is 36.7 Å². The van der Waals surface area contributed by atoms with Gasteiger partial charge in [0.2, 0.25) is 5.91 Å². The Morgan fingerprint density at radius 1 is 1.32 bits per heavy atom. The number of nitriles is 1. The number of nitrogens with one attached hydrogen (secondary N) is 1. The van der Waals surface area contributed by atoms with Crippen LogP contribution in [0.25, 0.3) is 5.52 Å². The van der Waals surface area contributed by atoms with E-state index in [9.17, 15) is 10.1 Å². The lowest BCUT2D eigenvalue weighted by atomic mass is 10.1. The molecule has 0 fully saturated rings. The maximum absolute atomic E-state index is 12.5. The minimum atomic E-state index is -1.04. The van der Waals surface area contributed by atoms with E-state index in [2.05, 4.69) is 16.4 Å². The second-order valence-electron chi connectivity index (χ2n) is 7.19. The lowest BCUT2D eigenvalue weighted by Gasteiger charge is -2.24. The fraction of sp³-hybridized carbons (Fsp3) is 0.286. The number of carbonyl (C=O) groups is 1. The number of benzene rings is 1. The van der Waals surface area contributed by atoms with Crippen LogP contribution in [0.3, 0.4) is 0 Å². The summed E-state index contributed by atoms with van der Waals surface area (Å²) < 4.78 is 7.64. The van der Waals surface area contributed by atoms with Gasteiger partial charge in [0.15, 0.2) is 0 Å². The van der Waals surface area contributed by atoms with Crippen LogP contribution in [0.2, 0.25) is 0 Å². The van der Waals surface area contributed by atoms with Crippen LogP contribution in [0.5, 0.6) is 0 Å². The van der Waals surface area contributed by atoms with Gasteiger partial charge in [-0.05, 0) is 31.5 Å². The van der Waals surface area contributed by atoms with Crippen LogP contribution in [0.1, 0.15) is 36.8 Å². The predicted octanol–water partition coefficient (Wildman–Crippen LogP) is 2.32. The summed E-state index contributed by atoms with van der Waals surface area (Å²) in [6.07, 6.45) is 3.39. The molecule has 0 radical (unpaired) electrons. The second-order valence-corrected chi connectivity index (χ2v) is 7.19. The van der Waals surface area contributed by atoms with Gasteiger partial charge in [-0.15, -0.1) is 0 Å². The van der Waals surface area contributed by atoms with E-state index >= 15 is 0 Å². The molecule has 0 spiro atoms. The maximum atomic E-state index is 12.5. The number of amides is 1. The lowest BCUT2D eigenvalue weighted by Crippen LogP contribution is -2.50. The fourth-order valence-electron chi connectivity index (χ4n) is 2.73. The van der Waals surface area contributed by atoms with Crippen LogP contribution in [-0.4, -0.2) is 27.4 Å². The second kappa shape index (κ2) is 8.21. The van der Waals surface area contributed by atoms with Crippen LogP contribution in [-0.2, 0) is 16.1 Å². The van der Waals surface area contributed by atoms with Crippen molar-refractivity contribution in [3.05, 3.63) is 71.8 Å². The van der Waals surface area contributed by atoms with E-state index in [1.807, 2.05) is 36.4 Å². The highest BCUT2D eigenvalue weighted by molar-refractivity contribution is 5.85. The molecule has 0 aliphatic carbocycles. The molecule has 1 amide bonds. The molecule has 1 aromatic carbocycles. The third-order valence-electron chi connectivity index (χ3n) is 4.28. The van der Waals surface area contributed by atoms with Gasteiger partial charge in [-0.3, -0.25) is 4.79 Å². The molecule has 0 aliphatic heterocycles. The number of ether oxygens (including phenoxy) is 1. The first-order valence-electron chi connectivity index (χ1n) is 8.97. The van der Waals surface area contributed by atoms with Gasteiger partial charge in [0.1, 0.15) is 17.9 Å². The molecule has 7 heteroatoms. The molecule has 2 heterocycles. The molecule has 144 valence electrons. The summed E-state index contributed by atoms with van der Waals surface area (Å²) in [5.74, 6) is 0.270. The zero-order valence-electron chi connectivity index (χ0n) is 15.9. The Balaban J connectivity index is 1.85. The molecule has 3 N–H and O–H groups in total. The largest absolute Gasteiger partial charge is 0.374 e. The van der Waals surface area contributed by atoms with Gasteiger partial charge >= 0.3 is 0 Å². The Kier molecular flexibility index (Phi) is 5.73. The number of carbonyl (C=O) groups excluding carboxylic acids is 1. The van der Waals surface area contributed by atoms with E-state index in [1.165, 1.54) is 0 Å². The number of hydrogen-bond acceptors (Lipinski definition) is 5. The van der Waals surface area contributed by atoms with Gasteiger partial charge in [0.05, 0.1) is 36.0 Å². The summed E-state index contributed by atoms with van der Waals surface area (Å²) in [4.78, 5) is 16.9. The molecule has 0 unspecified atom stereocenters. The Hall–Kier alpha value is -3.21. The Morgan fingerprint density at radius 3 is 2.75 bits per heavy atom.